The predicted octanol–water partition coefficient (Wildman–Crippen LogP) is 2.04. The molecule has 3 nitrogen and oxygen atoms in total. The molecule has 17 heavy (non-hydrogen) atoms. The predicted molar refractivity (Wildman–Crippen MR) is 61.5 cm³/mol. The van der Waals surface area contributed by atoms with Crippen molar-refractivity contribution in [3.63, 3.8) is 0 Å². The van der Waals surface area contributed by atoms with E-state index in [1.165, 1.54) is 4.90 Å². The molecular weight excluding hydrogens is 253 g/mol. The first-order chi connectivity index (χ1) is 7.79. The number of thioether (sulfide) groups is 1. The Morgan fingerprint density at radius 1 is 1.53 bits per heavy atom. The number of hydrogen-bond donors (Lipinski definition) is 1. The van der Waals surface area contributed by atoms with Crippen LogP contribution in [0.1, 0.15) is 20.3 Å². The number of alkyl halides is 3. The Morgan fingerprint density at radius 2 is 2.18 bits per heavy atom. The monoisotopic (exact) mass is 270 g/mol. The van der Waals surface area contributed by atoms with Gasteiger partial charge in [-0.15, -0.1) is 0 Å². The van der Waals surface area contributed by atoms with Crippen molar-refractivity contribution in [3.8, 4) is 0 Å². The summed E-state index contributed by atoms with van der Waals surface area (Å²) in [5.74, 6) is 0.181. The highest BCUT2D eigenvalue weighted by Gasteiger charge is 2.32. The van der Waals surface area contributed by atoms with Crippen LogP contribution in [-0.2, 0) is 4.79 Å². The highest BCUT2D eigenvalue weighted by atomic mass is 32.2. The summed E-state index contributed by atoms with van der Waals surface area (Å²) in [6, 6.07) is 0. The summed E-state index contributed by atoms with van der Waals surface area (Å²) in [7, 11) is 0. The van der Waals surface area contributed by atoms with E-state index in [4.69, 9.17) is 0 Å². The van der Waals surface area contributed by atoms with Gasteiger partial charge in [0.1, 0.15) is 0 Å². The molecule has 0 aromatic heterocycles. The zero-order valence-corrected chi connectivity index (χ0v) is 10.7. The summed E-state index contributed by atoms with van der Waals surface area (Å²) >= 11 is -0.0783. The van der Waals surface area contributed by atoms with Crippen molar-refractivity contribution in [2.75, 3.05) is 18.8 Å². The minimum absolute atomic E-state index is 0.0783. The molecule has 1 N–H and O–H groups in total. The van der Waals surface area contributed by atoms with Crippen LogP contribution in [0, 0.1) is 5.92 Å². The molecule has 1 fully saturated rings. The largest absolute Gasteiger partial charge is 0.441 e. The van der Waals surface area contributed by atoms with E-state index in [-0.39, 0.29) is 42.7 Å². The molecule has 0 radical (unpaired) electrons. The average molecular weight is 270 g/mol. The molecule has 7 heteroatoms. The first-order valence-corrected chi connectivity index (χ1v) is 6.51. The van der Waals surface area contributed by atoms with Gasteiger partial charge in [0.05, 0.1) is 12.7 Å². The molecule has 1 aliphatic rings. The highest BCUT2D eigenvalue weighted by Crippen LogP contribution is 2.30. The van der Waals surface area contributed by atoms with Crippen LogP contribution in [0.15, 0.2) is 0 Å². The van der Waals surface area contributed by atoms with E-state index in [0.717, 1.165) is 6.42 Å². The van der Waals surface area contributed by atoms with E-state index in [2.05, 4.69) is 5.32 Å². The van der Waals surface area contributed by atoms with Gasteiger partial charge in [0.2, 0.25) is 5.91 Å². The number of amides is 1. The third kappa shape index (κ3) is 5.16. The average Bonchev–Trinajstić information content (AvgIpc) is 2.46. The van der Waals surface area contributed by atoms with Crippen molar-refractivity contribution >= 4 is 17.7 Å². The number of nitrogens with one attached hydrogen (secondary N) is 1. The molecule has 0 aromatic rings. The minimum Gasteiger partial charge on any atom is -0.325 e. The Kier molecular flexibility index (Phi) is 5.12. The molecule has 1 saturated heterocycles. The number of nitrogens with zero attached hydrogens (tertiary/aromatic N) is 1. The lowest BCUT2D eigenvalue weighted by atomic mass is 10.1. The van der Waals surface area contributed by atoms with E-state index in [0.29, 0.717) is 5.92 Å². The van der Waals surface area contributed by atoms with Crippen molar-refractivity contribution in [1.82, 2.24) is 10.2 Å². The van der Waals surface area contributed by atoms with Crippen LogP contribution in [0.4, 0.5) is 13.2 Å². The molecule has 0 saturated carbocycles. The second kappa shape index (κ2) is 5.95. The van der Waals surface area contributed by atoms with Crippen molar-refractivity contribution < 1.29 is 18.0 Å². The summed E-state index contributed by atoms with van der Waals surface area (Å²) in [5, 5.41) is 3.02. The lowest BCUT2D eigenvalue weighted by molar-refractivity contribution is -0.127. The summed E-state index contributed by atoms with van der Waals surface area (Å²) < 4.78 is 35.9. The van der Waals surface area contributed by atoms with Gasteiger partial charge in [0, 0.05) is 12.3 Å². The standard InChI is InChI=1S/C10H17F3N2OS/c1-7(2)5-8-14-6-9(16)15(8)3-4-17-10(11,12)13/h7-8,14H,3-6H2,1-2H3. The van der Waals surface area contributed by atoms with Gasteiger partial charge < -0.3 is 4.90 Å². The van der Waals surface area contributed by atoms with Crippen LogP contribution in [0.25, 0.3) is 0 Å². The van der Waals surface area contributed by atoms with Gasteiger partial charge >= 0.3 is 5.51 Å². The Bertz CT molecular complexity index is 271. The van der Waals surface area contributed by atoms with Crippen LogP contribution >= 0.6 is 11.8 Å². The fourth-order valence-electron chi connectivity index (χ4n) is 1.79. The Balaban J connectivity index is 2.40. The fraction of sp³-hybridized carbons (Fsp3) is 0.900. The van der Waals surface area contributed by atoms with Crippen LogP contribution in [-0.4, -0.2) is 41.3 Å². The van der Waals surface area contributed by atoms with E-state index in [1.54, 1.807) is 0 Å². The third-order valence-corrected chi connectivity index (χ3v) is 3.19. The van der Waals surface area contributed by atoms with Gasteiger partial charge in [-0.1, -0.05) is 13.8 Å². The fourth-order valence-corrected chi connectivity index (χ4v) is 2.31. The number of carbonyl (C=O) groups is 1. The van der Waals surface area contributed by atoms with Crippen LogP contribution in [0.3, 0.4) is 0 Å². The maximum absolute atomic E-state index is 12.0. The lowest BCUT2D eigenvalue weighted by Crippen LogP contribution is -2.39. The molecule has 1 heterocycles. The molecule has 1 aliphatic heterocycles. The van der Waals surface area contributed by atoms with Gasteiger partial charge in [-0.2, -0.15) is 13.2 Å². The molecule has 0 spiro atoms. The number of rotatable bonds is 5. The zero-order chi connectivity index (χ0) is 13.1. The van der Waals surface area contributed by atoms with Crippen LogP contribution < -0.4 is 5.32 Å². The third-order valence-electron chi connectivity index (χ3n) is 2.48. The van der Waals surface area contributed by atoms with E-state index in [9.17, 15) is 18.0 Å². The second-order valence-corrected chi connectivity index (χ2v) is 5.57. The molecule has 1 unspecified atom stereocenters. The Labute approximate surface area is 103 Å². The quantitative estimate of drug-likeness (QED) is 0.830. The normalized spacial score (nSPS) is 21.6. The first-order valence-electron chi connectivity index (χ1n) is 5.53. The van der Waals surface area contributed by atoms with Crippen molar-refractivity contribution in [2.24, 2.45) is 5.92 Å². The summed E-state index contributed by atoms with van der Waals surface area (Å²) in [6.45, 7) is 4.42. The minimum atomic E-state index is -4.22. The molecule has 0 aliphatic carbocycles. The van der Waals surface area contributed by atoms with E-state index < -0.39 is 5.51 Å². The van der Waals surface area contributed by atoms with Gasteiger partial charge in [0.25, 0.3) is 0 Å². The first kappa shape index (κ1) is 14.6. The number of hydrogen-bond acceptors (Lipinski definition) is 3. The van der Waals surface area contributed by atoms with Crippen molar-refractivity contribution in [2.45, 2.75) is 31.9 Å². The van der Waals surface area contributed by atoms with Gasteiger partial charge in [-0.3, -0.25) is 10.1 Å². The Hall–Kier alpha value is -0.430. The maximum atomic E-state index is 12.0. The molecule has 1 rings (SSSR count). The molecular formula is C10H17F3N2OS. The lowest BCUT2D eigenvalue weighted by Gasteiger charge is -2.25. The zero-order valence-electron chi connectivity index (χ0n) is 9.88. The molecule has 1 amide bonds. The molecule has 0 bridgehead atoms. The van der Waals surface area contributed by atoms with Crippen molar-refractivity contribution in [3.05, 3.63) is 0 Å². The molecule has 0 aromatic carbocycles. The summed E-state index contributed by atoms with van der Waals surface area (Å²) in [6.07, 6.45) is 0.652. The SMILES string of the molecule is CC(C)CC1NCC(=O)N1CCSC(F)(F)F. The number of carbonyl (C=O) groups excluding carboxylic acids is 1. The summed E-state index contributed by atoms with van der Waals surface area (Å²) in [5.41, 5.74) is -4.22. The molecule has 100 valence electrons. The van der Waals surface area contributed by atoms with Crippen molar-refractivity contribution in [1.29, 1.82) is 0 Å². The van der Waals surface area contributed by atoms with E-state index in [1.807, 2.05) is 13.8 Å². The number of halogens is 3. The Morgan fingerprint density at radius 3 is 2.71 bits per heavy atom. The second-order valence-electron chi connectivity index (χ2n) is 4.41. The summed E-state index contributed by atoms with van der Waals surface area (Å²) in [4.78, 5) is 13.0. The highest BCUT2D eigenvalue weighted by molar-refractivity contribution is 8.00. The van der Waals surface area contributed by atoms with Gasteiger partial charge in [-0.05, 0) is 24.1 Å². The molecule has 1 atom stereocenters. The smallest absolute Gasteiger partial charge is 0.325 e. The van der Waals surface area contributed by atoms with E-state index >= 15 is 0 Å². The van der Waals surface area contributed by atoms with Gasteiger partial charge in [-0.25, -0.2) is 0 Å². The van der Waals surface area contributed by atoms with Crippen LogP contribution in [0.5, 0.6) is 0 Å². The maximum Gasteiger partial charge on any atom is 0.441 e. The topological polar surface area (TPSA) is 32.3 Å². The van der Waals surface area contributed by atoms with Crippen LogP contribution in [0.2, 0.25) is 0 Å². The van der Waals surface area contributed by atoms with Gasteiger partial charge in [0.15, 0.2) is 0 Å².